The lowest BCUT2D eigenvalue weighted by Crippen LogP contribution is -1.93. The van der Waals surface area contributed by atoms with Gasteiger partial charge in [0.1, 0.15) is 0 Å². The molecule has 0 aliphatic carbocycles. The van der Waals surface area contributed by atoms with Gasteiger partial charge in [0.05, 0.1) is 22.8 Å². The predicted molar refractivity (Wildman–Crippen MR) is 104 cm³/mol. The molecule has 3 heterocycles. The molecule has 0 saturated heterocycles. The van der Waals surface area contributed by atoms with Crippen LogP contribution in [0.15, 0.2) is 89.7 Å². The Labute approximate surface area is 154 Å². The molecule has 4 aromatic rings. The monoisotopic (exact) mass is 387 g/mol. The molecule has 25 heavy (non-hydrogen) atoms. The van der Waals surface area contributed by atoms with Crippen molar-refractivity contribution in [3.8, 4) is 33.9 Å². The van der Waals surface area contributed by atoms with Crippen molar-refractivity contribution in [2.75, 3.05) is 0 Å². The maximum Gasteiger partial charge on any atom is 0.0900 e. The van der Waals surface area contributed by atoms with Crippen molar-refractivity contribution < 1.29 is 0 Å². The lowest BCUT2D eigenvalue weighted by molar-refractivity contribution is 1.22. The van der Waals surface area contributed by atoms with E-state index < -0.39 is 0 Å². The molecule has 1 aromatic carbocycles. The van der Waals surface area contributed by atoms with E-state index in [1.54, 1.807) is 12.4 Å². The molecule has 120 valence electrons. The molecular formula is C21H14BrN3. The van der Waals surface area contributed by atoms with Crippen molar-refractivity contribution in [1.82, 2.24) is 15.0 Å². The quantitative estimate of drug-likeness (QED) is 0.456. The van der Waals surface area contributed by atoms with Crippen LogP contribution in [0, 0.1) is 0 Å². The average molecular weight is 388 g/mol. The summed E-state index contributed by atoms with van der Waals surface area (Å²) in [6, 6.07) is 24.1. The molecular weight excluding hydrogens is 374 g/mol. The maximum absolute atomic E-state index is 4.78. The minimum absolute atomic E-state index is 0.835. The second kappa shape index (κ2) is 6.95. The van der Waals surface area contributed by atoms with Gasteiger partial charge in [0.15, 0.2) is 0 Å². The van der Waals surface area contributed by atoms with Crippen LogP contribution in [0.1, 0.15) is 0 Å². The van der Waals surface area contributed by atoms with Crippen molar-refractivity contribution in [2.24, 2.45) is 0 Å². The molecule has 0 atom stereocenters. The number of pyridine rings is 3. The van der Waals surface area contributed by atoms with E-state index in [1.807, 2.05) is 48.5 Å². The van der Waals surface area contributed by atoms with E-state index in [0.717, 1.165) is 38.4 Å². The van der Waals surface area contributed by atoms with E-state index in [1.165, 1.54) is 0 Å². The number of aromatic nitrogens is 3. The topological polar surface area (TPSA) is 38.7 Å². The number of rotatable bonds is 3. The molecule has 0 unspecified atom stereocenters. The molecule has 0 radical (unpaired) electrons. The minimum atomic E-state index is 0.835. The first-order valence-electron chi connectivity index (χ1n) is 7.90. The number of halogens is 1. The third kappa shape index (κ3) is 3.49. The summed E-state index contributed by atoms with van der Waals surface area (Å²) in [4.78, 5) is 13.7. The summed E-state index contributed by atoms with van der Waals surface area (Å²) in [5, 5.41) is 0. The van der Waals surface area contributed by atoms with Gasteiger partial charge in [-0.3, -0.25) is 9.97 Å². The SMILES string of the molecule is Brc1ccc(-c2cc(-c3ccccn3)nc(-c3ccccn3)c2)cc1. The summed E-state index contributed by atoms with van der Waals surface area (Å²) in [6.45, 7) is 0. The fourth-order valence-electron chi connectivity index (χ4n) is 2.63. The van der Waals surface area contributed by atoms with Crippen molar-refractivity contribution in [1.29, 1.82) is 0 Å². The first kappa shape index (κ1) is 15.7. The lowest BCUT2D eigenvalue weighted by Gasteiger charge is -2.09. The van der Waals surface area contributed by atoms with E-state index in [-0.39, 0.29) is 0 Å². The maximum atomic E-state index is 4.78. The smallest absolute Gasteiger partial charge is 0.0900 e. The Kier molecular flexibility index (Phi) is 4.36. The van der Waals surface area contributed by atoms with E-state index in [4.69, 9.17) is 4.98 Å². The van der Waals surface area contributed by atoms with Crippen molar-refractivity contribution in [3.05, 3.63) is 89.7 Å². The largest absolute Gasteiger partial charge is 0.255 e. The number of nitrogens with zero attached hydrogens (tertiary/aromatic N) is 3. The van der Waals surface area contributed by atoms with E-state index in [9.17, 15) is 0 Å². The highest BCUT2D eigenvalue weighted by atomic mass is 79.9. The molecule has 0 spiro atoms. The Hall–Kier alpha value is -2.85. The highest BCUT2D eigenvalue weighted by Crippen LogP contribution is 2.29. The predicted octanol–water partition coefficient (Wildman–Crippen LogP) is 5.64. The summed E-state index contributed by atoms with van der Waals surface area (Å²) in [7, 11) is 0. The zero-order valence-electron chi connectivity index (χ0n) is 13.3. The summed E-state index contributed by atoms with van der Waals surface area (Å²) >= 11 is 3.49. The molecule has 0 amide bonds. The van der Waals surface area contributed by atoms with Gasteiger partial charge in [-0.1, -0.05) is 40.2 Å². The van der Waals surface area contributed by atoms with Gasteiger partial charge in [-0.25, -0.2) is 4.98 Å². The van der Waals surface area contributed by atoms with Crippen molar-refractivity contribution >= 4 is 15.9 Å². The van der Waals surface area contributed by atoms with Crippen LogP contribution in [-0.2, 0) is 0 Å². The van der Waals surface area contributed by atoms with Crippen molar-refractivity contribution in [2.45, 2.75) is 0 Å². The van der Waals surface area contributed by atoms with Crippen LogP contribution < -0.4 is 0 Å². The standard InChI is InChI=1S/C21H14BrN3/c22-17-9-7-15(8-10-17)16-13-20(18-5-1-3-11-23-18)25-21(14-16)19-6-2-4-12-24-19/h1-14H. The molecule has 0 aliphatic rings. The van der Waals surface area contributed by atoms with Gasteiger partial charge in [0.2, 0.25) is 0 Å². The Morgan fingerprint density at radius 3 is 1.60 bits per heavy atom. The van der Waals surface area contributed by atoms with E-state index in [0.29, 0.717) is 0 Å². The average Bonchev–Trinajstić information content (AvgIpc) is 2.69. The highest BCUT2D eigenvalue weighted by molar-refractivity contribution is 9.10. The molecule has 0 bridgehead atoms. The molecule has 0 aliphatic heterocycles. The summed E-state index contributed by atoms with van der Waals surface area (Å²) < 4.78 is 1.06. The first-order valence-corrected chi connectivity index (χ1v) is 8.70. The van der Waals surface area contributed by atoms with Gasteiger partial charge >= 0.3 is 0 Å². The van der Waals surface area contributed by atoms with Crippen LogP contribution in [0.2, 0.25) is 0 Å². The third-order valence-electron chi connectivity index (χ3n) is 3.86. The Bertz CT molecular complexity index is 927. The zero-order chi connectivity index (χ0) is 17.1. The van der Waals surface area contributed by atoms with Gasteiger partial charge in [-0.15, -0.1) is 0 Å². The third-order valence-corrected chi connectivity index (χ3v) is 4.39. The van der Waals surface area contributed by atoms with Crippen LogP contribution in [0.25, 0.3) is 33.9 Å². The van der Waals surface area contributed by atoms with Crippen LogP contribution in [-0.4, -0.2) is 15.0 Å². The van der Waals surface area contributed by atoms with Crippen LogP contribution in [0.5, 0.6) is 0 Å². The first-order chi connectivity index (χ1) is 12.3. The lowest BCUT2D eigenvalue weighted by atomic mass is 10.0. The van der Waals surface area contributed by atoms with E-state index in [2.05, 4.69) is 50.2 Å². The number of benzene rings is 1. The summed E-state index contributed by atoms with van der Waals surface area (Å²) in [6.07, 6.45) is 3.56. The number of hydrogen-bond donors (Lipinski definition) is 0. The Morgan fingerprint density at radius 1 is 0.560 bits per heavy atom. The second-order valence-electron chi connectivity index (χ2n) is 5.56. The van der Waals surface area contributed by atoms with Gasteiger partial charge in [-0.2, -0.15) is 0 Å². The molecule has 4 rings (SSSR count). The normalized spacial score (nSPS) is 10.6. The molecule has 0 saturated carbocycles. The van der Waals surface area contributed by atoms with Crippen molar-refractivity contribution in [3.63, 3.8) is 0 Å². The van der Waals surface area contributed by atoms with Gasteiger partial charge < -0.3 is 0 Å². The molecule has 0 fully saturated rings. The molecule has 0 N–H and O–H groups in total. The fraction of sp³-hybridized carbons (Fsp3) is 0. The second-order valence-corrected chi connectivity index (χ2v) is 6.48. The van der Waals surface area contributed by atoms with Crippen LogP contribution in [0.4, 0.5) is 0 Å². The van der Waals surface area contributed by atoms with E-state index >= 15 is 0 Å². The number of hydrogen-bond acceptors (Lipinski definition) is 3. The van der Waals surface area contributed by atoms with Crippen LogP contribution in [0.3, 0.4) is 0 Å². The van der Waals surface area contributed by atoms with Gasteiger partial charge in [0, 0.05) is 16.9 Å². The van der Waals surface area contributed by atoms with Gasteiger partial charge in [-0.05, 0) is 59.7 Å². The highest BCUT2D eigenvalue weighted by Gasteiger charge is 2.10. The summed E-state index contributed by atoms with van der Waals surface area (Å²) in [5.74, 6) is 0. The Balaban J connectivity index is 1.90. The van der Waals surface area contributed by atoms with Crippen LogP contribution >= 0.6 is 15.9 Å². The molecule has 3 aromatic heterocycles. The molecule has 4 heteroatoms. The summed E-state index contributed by atoms with van der Waals surface area (Å²) in [5.41, 5.74) is 5.57. The fourth-order valence-corrected chi connectivity index (χ4v) is 2.89. The van der Waals surface area contributed by atoms with Gasteiger partial charge in [0.25, 0.3) is 0 Å². The molecule has 3 nitrogen and oxygen atoms in total. The minimum Gasteiger partial charge on any atom is -0.255 e. The Morgan fingerprint density at radius 2 is 1.12 bits per heavy atom. The zero-order valence-corrected chi connectivity index (χ0v) is 14.9.